The van der Waals surface area contributed by atoms with Crippen LogP contribution in [0.5, 0.6) is 5.75 Å². The molecule has 0 radical (unpaired) electrons. The Kier molecular flexibility index (Phi) is 8.81. The number of sulfonamides is 1. The third-order valence-electron chi connectivity index (χ3n) is 5.05. The molecule has 0 aliphatic carbocycles. The Morgan fingerprint density at radius 1 is 1.00 bits per heavy atom. The molecule has 0 atom stereocenters. The third-order valence-corrected chi connectivity index (χ3v) is 6.83. The van der Waals surface area contributed by atoms with Crippen LogP contribution in [-0.2, 0) is 14.8 Å². The zero-order valence-electron chi connectivity index (χ0n) is 19.3. The normalized spacial score (nSPS) is 11.4. The first kappa shape index (κ1) is 25.0. The minimum absolute atomic E-state index is 0.107. The predicted molar refractivity (Wildman–Crippen MR) is 135 cm³/mol. The number of nitrogens with one attached hydrogen (secondary N) is 1. The number of benzene rings is 3. The third kappa shape index (κ3) is 6.68. The van der Waals surface area contributed by atoms with Crippen molar-refractivity contribution in [1.82, 2.24) is 5.43 Å². The monoisotopic (exact) mass is 479 g/mol. The van der Waals surface area contributed by atoms with Crippen molar-refractivity contribution in [2.75, 3.05) is 17.5 Å². The molecule has 1 N–H and O–H groups in total. The van der Waals surface area contributed by atoms with Gasteiger partial charge in [-0.15, -0.1) is 0 Å². The Bertz CT molecular complexity index is 1210. The van der Waals surface area contributed by atoms with Crippen LogP contribution in [0.25, 0.3) is 0 Å². The molecule has 0 spiro atoms. The van der Waals surface area contributed by atoms with E-state index in [1.54, 1.807) is 43.3 Å². The van der Waals surface area contributed by atoms with E-state index in [-0.39, 0.29) is 4.90 Å². The maximum atomic E-state index is 13.3. The predicted octanol–water partition coefficient (Wildman–Crippen LogP) is 4.52. The van der Waals surface area contributed by atoms with E-state index < -0.39 is 22.5 Å². The van der Waals surface area contributed by atoms with Gasteiger partial charge in [0.2, 0.25) is 0 Å². The Morgan fingerprint density at radius 2 is 1.68 bits per heavy atom. The molecule has 34 heavy (non-hydrogen) atoms. The number of para-hydroxylation sites is 1. The van der Waals surface area contributed by atoms with Crippen molar-refractivity contribution in [3.05, 3.63) is 90.0 Å². The molecule has 0 bridgehead atoms. The molecule has 3 aromatic rings. The van der Waals surface area contributed by atoms with E-state index in [4.69, 9.17) is 4.74 Å². The first-order valence-corrected chi connectivity index (χ1v) is 12.5. The SMILES string of the molecule is CCCCOc1ccc(/C=N\NC(=O)CN(c2ccccc2C)S(=O)(=O)c2ccccc2)cc1. The summed E-state index contributed by atoms with van der Waals surface area (Å²) in [7, 11) is -3.96. The summed E-state index contributed by atoms with van der Waals surface area (Å²) in [5, 5.41) is 3.98. The molecular formula is C26H29N3O4S. The summed E-state index contributed by atoms with van der Waals surface area (Å²) in [5.41, 5.74) is 4.37. The van der Waals surface area contributed by atoms with Gasteiger partial charge in [-0.1, -0.05) is 49.7 Å². The Balaban J connectivity index is 1.71. The molecule has 0 fully saturated rings. The van der Waals surface area contributed by atoms with Crippen LogP contribution in [0.4, 0.5) is 5.69 Å². The smallest absolute Gasteiger partial charge is 0.264 e. The summed E-state index contributed by atoms with van der Waals surface area (Å²) in [6.07, 6.45) is 3.56. The number of carbonyl (C=O) groups excluding carboxylic acids is 1. The average Bonchev–Trinajstić information content (AvgIpc) is 2.85. The lowest BCUT2D eigenvalue weighted by Gasteiger charge is -2.25. The summed E-state index contributed by atoms with van der Waals surface area (Å²) < 4.78 is 33.4. The Hall–Kier alpha value is -3.65. The largest absolute Gasteiger partial charge is 0.494 e. The number of carbonyl (C=O) groups is 1. The molecule has 0 unspecified atom stereocenters. The molecular weight excluding hydrogens is 450 g/mol. The van der Waals surface area contributed by atoms with E-state index in [0.717, 1.165) is 34.0 Å². The number of hydrazone groups is 1. The number of unbranched alkanes of at least 4 members (excludes halogenated alkanes) is 1. The summed E-state index contributed by atoms with van der Waals surface area (Å²) in [6, 6.07) is 22.4. The molecule has 3 aromatic carbocycles. The second kappa shape index (κ2) is 12.0. The van der Waals surface area contributed by atoms with Gasteiger partial charge in [0.25, 0.3) is 15.9 Å². The highest BCUT2D eigenvalue weighted by molar-refractivity contribution is 7.92. The van der Waals surface area contributed by atoms with Gasteiger partial charge >= 0.3 is 0 Å². The maximum Gasteiger partial charge on any atom is 0.264 e. The number of amides is 1. The van der Waals surface area contributed by atoms with Gasteiger partial charge in [-0.25, -0.2) is 13.8 Å². The number of rotatable bonds is 11. The van der Waals surface area contributed by atoms with Crippen molar-refractivity contribution < 1.29 is 17.9 Å². The Labute approximate surface area is 201 Å². The van der Waals surface area contributed by atoms with Crippen LogP contribution in [0.1, 0.15) is 30.9 Å². The summed E-state index contributed by atoms with van der Waals surface area (Å²) in [6.45, 7) is 4.16. The minimum Gasteiger partial charge on any atom is -0.494 e. The van der Waals surface area contributed by atoms with E-state index in [1.165, 1.54) is 18.3 Å². The molecule has 8 heteroatoms. The summed E-state index contributed by atoms with van der Waals surface area (Å²) in [4.78, 5) is 12.8. The highest BCUT2D eigenvalue weighted by atomic mass is 32.2. The van der Waals surface area contributed by atoms with Crippen LogP contribution in [0, 0.1) is 6.92 Å². The number of aryl methyl sites for hydroxylation is 1. The van der Waals surface area contributed by atoms with Gasteiger partial charge in [-0.3, -0.25) is 9.10 Å². The number of hydrogen-bond donors (Lipinski definition) is 1. The van der Waals surface area contributed by atoms with Gasteiger partial charge in [0.1, 0.15) is 12.3 Å². The maximum absolute atomic E-state index is 13.3. The lowest BCUT2D eigenvalue weighted by molar-refractivity contribution is -0.119. The Morgan fingerprint density at radius 3 is 2.35 bits per heavy atom. The van der Waals surface area contributed by atoms with Gasteiger partial charge in [0, 0.05) is 0 Å². The number of hydrogen-bond acceptors (Lipinski definition) is 5. The van der Waals surface area contributed by atoms with Crippen molar-refractivity contribution in [2.24, 2.45) is 5.10 Å². The zero-order chi connectivity index (χ0) is 24.4. The number of ether oxygens (including phenoxy) is 1. The van der Waals surface area contributed by atoms with Crippen LogP contribution in [0.2, 0.25) is 0 Å². The van der Waals surface area contributed by atoms with Crippen molar-refractivity contribution in [3.8, 4) is 5.75 Å². The van der Waals surface area contributed by atoms with Crippen LogP contribution in [0.3, 0.4) is 0 Å². The van der Waals surface area contributed by atoms with Crippen LogP contribution < -0.4 is 14.5 Å². The van der Waals surface area contributed by atoms with Gasteiger partial charge in [0.05, 0.1) is 23.4 Å². The highest BCUT2D eigenvalue weighted by Gasteiger charge is 2.27. The van der Waals surface area contributed by atoms with Crippen LogP contribution in [-0.4, -0.2) is 33.7 Å². The topological polar surface area (TPSA) is 88.1 Å². The molecule has 7 nitrogen and oxygen atoms in total. The van der Waals surface area contributed by atoms with Crippen molar-refractivity contribution in [3.63, 3.8) is 0 Å². The first-order valence-electron chi connectivity index (χ1n) is 11.1. The molecule has 0 saturated heterocycles. The fraction of sp³-hybridized carbons (Fsp3) is 0.231. The second-order valence-electron chi connectivity index (χ2n) is 7.68. The molecule has 178 valence electrons. The van der Waals surface area contributed by atoms with Gasteiger partial charge < -0.3 is 4.74 Å². The minimum atomic E-state index is -3.96. The van der Waals surface area contributed by atoms with Gasteiger partial charge in [-0.05, 0) is 66.9 Å². The average molecular weight is 480 g/mol. The summed E-state index contributed by atoms with van der Waals surface area (Å²) in [5.74, 6) is 0.216. The molecule has 0 aliphatic heterocycles. The van der Waals surface area contributed by atoms with E-state index in [1.807, 2.05) is 30.3 Å². The van der Waals surface area contributed by atoms with E-state index in [0.29, 0.717) is 12.3 Å². The quantitative estimate of drug-likeness (QED) is 0.249. The van der Waals surface area contributed by atoms with Crippen molar-refractivity contribution in [2.45, 2.75) is 31.6 Å². The van der Waals surface area contributed by atoms with Crippen molar-refractivity contribution >= 4 is 27.8 Å². The molecule has 0 heterocycles. The van der Waals surface area contributed by atoms with Crippen LogP contribution >= 0.6 is 0 Å². The second-order valence-corrected chi connectivity index (χ2v) is 9.54. The van der Waals surface area contributed by atoms with Gasteiger partial charge in [-0.2, -0.15) is 5.10 Å². The first-order chi connectivity index (χ1) is 16.4. The molecule has 1 amide bonds. The highest BCUT2D eigenvalue weighted by Crippen LogP contribution is 2.26. The molecule has 0 saturated carbocycles. The van der Waals surface area contributed by atoms with Gasteiger partial charge in [0.15, 0.2) is 0 Å². The van der Waals surface area contributed by atoms with Crippen LogP contribution in [0.15, 0.2) is 88.9 Å². The lowest BCUT2D eigenvalue weighted by Crippen LogP contribution is -2.40. The standard InChI is InChI=1S/C26H29N3O4S/c1-3-4-18-33-23-16-14-22(15-17-23)19-27-28-26(30)20-29(25-13-9-8-10-21(25)2)34(31,32)24-11-6-5-7-12-24/h5-17,19H,3-4,18,20H2,1-2H3,(H,28,30)/b27-19-. The fourth-order valence-corrected chi connectivity index (χ4v) is 4.70. The molecule has 0 aromatic heterocycles. The zero-order valence-corrected chi connectivity index (χ0v) is 20.2. The summed E-state index contributed by atoms with van der Waals surface area (Å²) >= 11 is 0. The van der Waals surface area contributed by atoms with E-state index >= 15 is 0 Å². The van der Waals surface area contributed by atoms with Crippen molar-refractivity contribution in [1.29, 1.82) is 0 Å². The number of nitrogens with zero attached hydrogens (tertiary/aromatic N) is 2. The van der Waals surface area contributed by atoms with E-state index in [9.17, 15) is 13.2 Å². The number of anilines is 1. The lowest BCUT2D eigenvalue weighted by atomic mass is 10.2. The fourth-order valence-electron chi connectivity index (χ4n) is 3.19. The molecule has 0 aliphatic rings. The molecule has 3 rings (SSSR count). The van der Waals surface area contributed by atoms with E-state index in [2.05, 4.69) is 17.5 Å².